The Hall–Kier alpha value is -1.73. The van der Waals surface area contributed by atoms with Gasteiger partial charge < -0.3 is 0 Å². The van der Waals surface area contributed by atoms with Crippen LogP contribution in [-0.4, -0.2) is 41.3 Å². The van der Waals surface area contributed by atoms with E-state index in [-0.39, 0.29) is 6.04 Å². The van der Waals surface area contributed by atoms with Gasteiger partial charge in [-0.15, -0.1) is 0 Å². The molecule has 2 aromatic heterocycles. The number of hydrogen-bond acceptors (Lipinski definition) is 5. The summed E-state index contributed by atoms with van der Waals surface area (Å²) in [5.41, 5.74) is 1.70. The zero-order valence-electron chi connectivity index (χ0n) is 12.6. The molecule has 7 heteroatoms. The van der Waals surface area contributed by atoms with Crippen LogP contribution in [0.15, 0.2) is 35.5 Å². The minimum atomic E-state index is -3.27. The molecular weight excluding hydrogens is 300 g/mol. The second-order valence-corrected chi connectivity index (χ2v) is 7.71. The number of nitrogens with zero attached hydrogens (tertiary/aromatic N) is 3. The maximum Gasteiger partial charge on any atom is 0.178 e. The predicted octanol–water partition coefficient (Wildman–Crippen LogP) is 1.94. The van der Waals surface area contributed by atoms with Crippen LogP contribution in [0.1, 0.15) is 36.7 Å². The summed E-state index contributed by atoms with van der Waals surface area (Å²) in [6, 6.07) is 5.91. The van der Waals surface area contributed by atoms with Crippen LogP contribution in [0, 0.1) is 0 Å². The highest BCUT2D eigenvalue weighted by Crippen LogP contribution is 2.33. The number of rotatable bonds is 4. The summed E-state index contributed by atoms with van der Waals surface area (Å²) in [5.74, 6) is 0. The Bertz CT molecular complexity index is 727. The lowest BCUT2D eigenvalue weighted by molar-refractivity contribution is 0.133. The van der Waals surface area contributed by atoms with Gasteiger partial charge >= 0.3 is 0 Å². The second-order valence-electron chi connectivity index (χ2n) is 5.72. The normalized spacial score (nSPS) is 20.1. The monoisotopic (exact) mass is 320 g/mol. The molecule has 2 aromatic rings. The van der Waals surface area contributed by atoms with E-state index in [9.17, 15) is 8.42 Å². The van der Waals surface area contributed by atoms with Gasteiger partial charge in [-0.3, -0.25) is 15.0 Å². The molecule has 0 aliphatic carbocycles. The second kappa shape index (κ2) is 6.18. The number of hydrogen-bond donors (Lipinski definition) is 1. The molecule has 0 amide bonds. The average molecular weight is 320 g/mol. The quantitative estimate of drug-likeness (QED) is 0.931. The van der Waals surface area contributed by atoms with Gasteiger partial charge in [0.05, 0.1) is 23.6 Å². The van der Waals surface area contributed by atoms with Gasteiger partial charge in [0, 0.05) is 19.0 Å². The highest BCUT2D eigenvalue weighted by molar-refractivity contribution is 7.90. The average Bonchev–Trinajstić information content (AvgIpc) is 2.98. The highest BCUT2D eigenvalue weighted by atomic mass is 32.2. The lowest BCUT2D eigenvalue weighted by Crippen LogP contribution is -2.34. The number of piperidine rings is 1. The van der Waals surface area contributed by atoms with Crippen LogP contribution < -0.4 is 0 Å². The summed E-state index contributed by atoms with van der Waals surface area (Å²) in [6.45, 7) is 1.65. The summed E-state index contributed by atoms with van der Waals surface area (Å²) < 4.78 is 23.9. The first-order valence-corrected chi connectivity index (χ1v) is 9.32. The third kappa shape index (κ3) is 3.20. The van der Waals surface area contributed by atoms with Crippen LogP contribution in [0.2, 0.25) is 0 Å². The maximum absolute atomic E-state index is 11.9. The molecule has 1 atom stereocenters. The fourth-order valence-electron chi connectivity index (χ4n) is 3.03. The summed E-state index contributed by atoms with van der Waals surface area (Å²) in [6.07, 6.45) is 7.56. The smallest absolute Gasteiger partial charge is 0.178 e. The number of aromatic nitrogens is 3. The van der Waals surface area contributed by atoms with Crippen molar-refractivity contribution in [2.75, 3.05) is 12.8 Å². The lowest BCUT2D eigenvalue weighted by Gasteiger charge is -2.35. The molecule has 6 nitrogen and oxygen atoms in total. The van der Waals surface area contributed by atoms with E-state index in [1.807, 2.05) is 18.2 Å². The minimum Gasteiger partial charge on any atom is -0.289 e. The largest absolute Gasteiger partial charge is 0.289 e. The minimum absolute atomic E-state index is 0.0444. The number of H-pyrrole nitrogens is 1. The van der Waals surface area contributed by atoms with Crippen molar-refractivity contribution in [1.29, 1.82) is 0 Å². The molecule has 1 saturated heterocycles. The van der Waals surface area contributed by atoms with Crippen molar-refractivity contribution in [1.82, 2.24) is 20.1 Å². The van der Waals surface area contributed by atoms with Crippen molar-refractivity contribution in [3.05, 3.63) is 42.0 Å². The van der Waals surface area contributed by atoms with Crippen LogP contribution in [-0.2, 0) is 16.4 Å². The van der Waals surface area contributed by atoms with Crippen LogP contribution >= 0.6 is 0 Å². The molecule has 0 saturated carbocycles. The lowest BCUT2D eigenvalue weighted by atomic mass is 9.99. The first-order chi connectivity index (χ1) is 10.6. The molecule has 3 rings (SSSR count). The maximum atomic E-state index is 11.9. The summed E-state index contributed by atoms with van der Waals surface area (Å²) in [7, 11) is -3.27. The Morgan fingerprint density at radius 3 is 2.95 bits per heavy atom. The summed E-state index contributed by atoms with van der Waals surface area (Å²) in [4.78, 5) is 6.97. The zero-order chi connectivity index (χ0) is 15.6. The number of nitrogens with one attached hydrogen (secondary N) is 1. The standard InChI is InChI=1S/C15H20N4O2S/c1-22(20,21)14-10-17-18-15(14)13-7-3-5-9-19(13)11-12-6-2-4-8-16-12/h2,4,6,8,10,13H,3,5,7,9,11H2,1H3,(H,17,18)/t13-/m0/s1. The molecule has 0 spiro atoms. The molecule has 118 valence electrons. The van der Waals surface area contributed by atoms with Crippen molar-refractivity contribution in [2.45, 2.75) is 36.7 Å². The Labute approximate surface area is 130 Å². The molecular formula is C15H20N4O2S. The fourth-order valence-corrected chi connectivity index (χ4v) is 3.85. The number of likely N-dealkylation sites (tertiary alicyclic amines) is 1. The van der Waals surface area contributed by atoms with Gasteiger partial charge in [-0.25, -0.2) is 8.42 Å². The van der Waals surface area contributed by atoms with E-state index in [4.69, 9.17) is 0 Å². The van der Waals surface area contributed by atoms with E-state index in [2.05, 4.69) is 20.1 Å². The molecule has 1 aliphatic rings. The van der Waals surface area contributed by atoms with Crippen LogP contribution in [0.5, 0.6) is 0 Å². The van der Waals surface area contributed by atoms with Gasteiger partial charge in [-0.05, 0) is 31.5 Å². The van der Waals surface area contributed by atoms with E-state index < -0.39 is 9.84 Å². The Balaban J connectivity index is 1.89. The third-order valence-corrected chi connectivity index (χ3v) is 5.19. The third-order valence-electron chi connectivity index (χ3n) is 4.07. The van der Waals surface area contributed by atoms with Gasteiger partial charge in [0.25, 0.3) is 0 Å². The number of sulfone groups is 1. The molecule has 22 heavy (non-hydrogen) atoms. The number of aromatic amines is 1. The zero-order valence-corrected chi connectivity index (χ0v) is 13.4. The van der Waals surface area contributed by atoms with Crippen molar-refractivity contribution < 1.29 is 8.42 Å². The molecule has 3 heterocycles. The molecule has 0 aromatic carbocycles. The molecule has 0 bridgehead atoms. The van der Waals surface area contributed by atoms with Crippen molar-refractivity contribution in [3.8, 4) is 0 Å². The molecule has 1 N–H and O–H groups in total. The Morgan fingerprint density at radius 2 is 2.23 bits per heavy atom. The van der Waals surface area contributed by atoms with Gasteiger partial charge in [-0.1, -0.05) is 12.5 Å². The van der Waals surface area contributed by atoms with Gasteiger partial charge in [0.1, 0.15) is 4.90 Å². The molecule has 0 unspecified atom stereocenters. The van der Waals surface area contributed by atoms with Crippen LogP contribution in [0.3, 0.4) is 0 Å². The Kier molecular flexibility index (Phi) is 4.26. The van der Waals surface area contributed by atoms with E-state index in [0.29, 0.717) is 17.1 Å². The van der Waals surface area contributed by atoms with Crippen molar-refractivity contribution in [3.63, 3.8) is 0 Å². The van der Waals surface area contributed by atoms with E-state index >= 15 is 0 Å². The van der Waals surface area contributed by atoms with E-state index in [0.717, 1.165) is 31.5 Å². The van der Waals surface area contributed by atoms with Gasteiger partial charge in [-0.2, -0.15) is 5.10 Å². The first kappa shape index (κ1) is 15.2. The SMILES string of the molecule is CS(=O)(=O)c1cn[nH]c1[C@@H]1CCCCN1Cc1ccccn1. The van der Waals surface area contributed by atoms with Crippen molar-refractivity contribution in [2.24, 2.45) is 0 Å². The molecule has 1 aliphatic heterocycles. The van der Waals surface area contributed by atoms with Crippen LogP contribution in [0.25, 0.3) is 0 Å². The summed E-state index contributed by atoms with van der Waals surface area (Å²) in [5, 5.41) is 6.87. The van der Waals surface area contributed by atoms with E-state index in [1.54, 1.807) is 6.20 Å². The van der Waals surface area contributed by atoms with Gasteiger partial charge in [0.15, 0.2) is 9.84 Å². The predicted molar refractivity (Wildman–Crippen MR) is 82.9 cm³/mol. The Morgan fingerprint density at radius 1 is 1.36 bits per heavy atom. The molecule has 1 fully saturated rings. The topological polar surface area (TPSA) is 79.0 Å². The highest BCUT2D eigenvalue weighted by Gasteiger charge is 2.30. The molecule has 0 radical (unpaired) electrons. The van der Waals surface area contributed by atoms with Crippen molar-refractivity contribution >= 4 is 9.84 Å². The summed E-state index contributed by atoms with van der Waals surface area (Å²) >= 11 is 0. The first-order valence-electron chi connectivity index (χ1n) is 7.43. The van der Waals surface area contributed by atoms with E-state index in [1.165, 1.54) is 12.5 Å². The fraction of sp³-hybridized carbons (Fsp3) is 0.467. The van der Waals surface area contributed by atoms with Crippen LogP contribution in [0.4, 0.5) is 0 Å². The number of pyridine rings is 1. The van der Waals surface area contributed by atoms with Gasteiger partial charge in [0.2, 0.25) is 0 Å².